The number of nitrogens with zero attached hydrogens (tertiary/aromatic N) is 4. The Balaban J connectivity index is 0.00000363. The summed E-state index contributed by atoms with van der Waals surface area (Å²) < 4.78 is 34.5. The van der Waals surface area contributed by atoms with Crippen LogP contribution in [0, 0.1) is 0 Å². The molecule has 0 aliphatic carbocycles. The lowest BCUT2D eigenvalue weighted by Gasteiger charge is -2.29. The monoisotopic (exact) mass is 561 g/mol. The molecule has 7 nitrogen and oxygen atoms in total. The van der Waals surface area contributed by atoms with Crippen molar-refractivity contribution in [2.75, 3.05) is 44.8 Å². The van der Waals surface area contributed by atoms with E-state index in [0.29, 0.717) is 26.3 Å². The van der Waals surface area contributed by atoms with Gasteiger partial charge in [0.2, 0.25) is 0 Å². The summed E-state index contributed by atoms with van der Waals surface area (Å²) in [5, 5.41) is 3.31. The number of halogens is 3. The van der Waals surface area contributed by atoms with Gasteiger partial charge >= 0.3 is 6.61 Å². The zero-order valence-electron chi connectivity index (χ0n) is 18.3. The third-order valence-corrected chi connectivity index (χ3v) is 4.84. The van der Waals surface area contributed by atoms with Gasteiger partial charge in [-0.1, -0.05) is 18.2 Å². The second kappa shape index (κ2) is 13.4. The number of nitrogens with one attached hydrogen (secondary N) is 1. The SMILES string of the molecule is CCNC(=NCc1cccnc1N1CCOCC1)N(C)Cc1ccc(OC(F)F)cc1.I. The first kappa shape index (κ1) is 26.0. The summed E-state index contributed by atoms with van der Waals surface area (Å²) in [4.78, 5) is 13.6. The number of morpholine rings is 1. The Labute approximate surface area is 204 Å². The fraction of sp³-hybridized carbons (Fsp3) is 0.455. The first-order chi connectivity index (χ1) is 15.1. The number of hydrogen-bond acceptors (Lipinski definition) is 5. The molecule has 176 valence electrons. The number of anilines is 1. The average molecular weight is 561 g/mol. The smallest absolute Gasteiger partial charge is 0.387 e. The van der Waals surface area contributed by atoms with Gasteiger partial charge in [-0.3, -0.25) is 0 Å². The van der Waals surface area contributed by atoms with E-state index in [4.69, 9.17) is 9.73 Å². The Morgan fingerprint density at radius 2 is 1.97 bits per heavy atom. The second-order valence-corrected chi connectivity index (χ2v) is 7.13. The number of hydrogen-bond donors (Lipinski definition) is 1. The average Bonchev–Trinajstić information content (AvgIpc) is 2.78. The van der Waals surface area contributed by atoms with Crippen LogP contribution in [0.4, 0.5) is 14.6 Å². The number of rotatable bonds is 8. The summed E-state index contributed by atoms with van der Waals surface area (Å²) in [6.45, 7) is 4.03. The molecule has 1 N–H and O–H groups in total. The molecule has 0 bridgehead atoms. The van der Waals surface area contributed by atoms with Gasteiger partial charge in [-0.15, -0.1) is 24.0 Å². The molecule has 32 heavy (non-hydrogen) atoms. The van der Waals surface area contributed by atoms with Gasteiger partial charge in [0, 0.05) is 45.0 Å². The number of alkyl halides is 2. The van der Waals surface area contributed by atoms with Gasteiger partial charge in [-0.05, 0) is 30.7 Å². The van der Waals surface area contributed by atoms with Crippen LogP contribution in [0.3, 0.4) is 0 Å². The van der Waals surface area contributed by atoms with E-state index >= 15 is 0 Å². The molecule has 0 atom stereocenters. The molecule has 1 saturated heterocycles. The van der Waals surface area contributed by atoms with E-state index in [1.807, 2.05) is 31.0 Å². The van der Waals surface area contributed by atoms with Crippen LogP contribution in [0.2, 0.25) is 0 Å². The van der Waals surface area contributed by atoms with E-state index in [1.54, 1.807) is 30.5 Å². The molecule has 10 heteroatoms. The van der Waals surface area contributed by atoms with Gasteiger partial charge in [-0.2, -0.15) is 8.78 Å². The van der Waals surface area contributed by atoms with Gasteiger partial charge in [0.25, 0.3) is 0 Å². The Hall–Kier alpha value is -2.21. The summed E-state index contributed by atoms with van der Waals surface area (Å²) in [7, 11) is 1.94. The molecule has 2 aromatic rings. The highest BCUT2D eigenvalue weighted by molar-refractivity contribution is 14.0. The van der Waals surface area contributed by atoms with Gasteiger partial charge in [0.15, 0.2) is 5.96 Å². The Morgan fingerprint density at radius 1 is 1.25 bits per heavy atom. The number of benzene rings is 1. The van der Waals surface area contributed by atoms with Crippen LogP contribution in [-0.4, -0.2) is 62.4 Å². The Kier molecular flexibility index (Phi) is 10.9. The Morgan fingerprint density at radius 3 is 2.62 bits per heavy atom. The van der Waals surface area contributed by atoms with Crippen LogP contribution in [0.1, 0.15) is 18.1 Å². The summed E-state index contributed by atoms with van der Waals surface area (Å²) in [5.74, 6) is 1.85. The molecule has 2 heterocycles. The van der Waals surface area contributed by atoms with Crippen molar-refractivity contribution < 1.29 is 18.3 Å². The van der Waals surface area contributed by atoms with Gasteiger partial charge < -0.3 is 24.6 Å². The van der Waals surface area contributed by atoms with Crippen molar-refractivity contribution in [1.82, 2.24) is 15.2 Å². The van der Waals surface area contributed by atoms with E-state index in [1.165, 1.54) is 0 Å². The van der Waals surface area contributed by atoms with Crippen molar-refractivity contribution in [3.63, 3.8) is 0 Å². The number of guanidine groups is 1. The van der Waals surface area contributed by atoms with Crippen molar-refractivity contribution in [1.29, 1.82) is 0 Å². The first-order valence-electron chi connectivity index (χ1n) is 10.4. The topological polar surface area (TPSA) is 62.2 Å². The molecule has 1 aromatic carbocycles. The van der Waals surface area contributed by atoms with Crippen LogP contribution in [0.5, 0.6) is 5.75 Å². The molecule has 0 amide bonds. The van der Waals surface area contributed by atoms with Crippen LogP contribution in [-0.2, 0) is 17.8 Å². The van der Waals surface area contributed by atoms with E-state index in [2.05, 4.69) is 19.9 Å². The molecule has 3 rings (SSSR count). The fourth-order valence-electron chi connectivity index (χ4n) is 3.37. The predicted octanol–water partition coefficient (Wildman–Crippen LogP) is 3.74. The zero-order chi connectivity index (χ0) is 22.1. The van der Waals surface area contributed by atoms with Gasteiger partial charge in [0.1, 0.15) is 11.6 Å². The lowest BCUT2D eigenvalue weighted by molar-refractivity contribution is -0.0498. The highest BCUT2D eigenvalue weighted by atomic mass is 127. The Bertz CT molecular complexity index is 848. The highest BCUT2D eigenvalue weighted by Gasteiger charge is 2.16. The maximum Gasteiger partial charge on any atom is 0.387 e. The molecule has 0 spiro atoms. The molecule has 0 saturated carbocycles. The van der Waals surface area contributed by atoms with Crippen molar-refractivity contribution in [2.24, 2.45) is 4.99 Å². The molecule has 0 unspecified atom stereocenters. The molecule has 1 aromatic heterocycles. The van der Waals surface area contributed by atoms with E-state index in [9.17, 15) is 8.78 Å². The van der Waals surface area contributed by atoms with E-state index in [-0.39, 0.29) is 29.7 Å². The molecular weight excluding hydrogens is 531 g/mol. The quantitative estimate of drug-likeness (QED) is 0.301. The van der Waals surface area contributed by atoms with Crippen molar-refractivity contribution in [3.05, 3.63) is 53.7 Å². The molecule has 1 aliphatic rings. The van der Waals surface area contributed by atoms with Crippen molar-refractivity contribution in [2.45, 2.75) is 26.6 Å². The molecule has 0 radical (unpaired) electrons. The summed E-state index contributed by atoms with van der Waals surface area (Å²) in [6.07, 6.45) is 1.80. The number of pyridine rings is 1. The minimum atomic E-state index is -2.82. The van der Waals surface area contributed by atoms with Crippen molar-refractivity contribution >= 4 is 35.8 Å². The van der Waals surface area contributed by atoms with Crippen LogP contribution < -0.4 is 15.0 Å². The molecular formula is C22H30F2IN5O2. The minimum Gasteiger partial charge on any atom is -0.435 e. The standard InChI is InChI=1S/C22H29F2N5O2.HI/c1-3-25-22(28(2)16-17-6-8-19(9-7-17)31-21(23)24)27-15-18-5-4-10-26-20(18)29-11-13-30-14-12-29;/h4-10,21H,3,11-16H2,1-2H3,(H,25,27);1H. The lowest BCUT2D eigenvalue weighted by atomic mass is 10.2. The summed E-state index contributed by atoms with van der Waals surface area (Å²) >= 11 is 0. The van der Waals surface area contributed by atoms with Crippen molar-refractivity contribution in [3.8, 4) is 5.75 Å². The van der Waals surface area contributed by atoms with E-state index in [0.717, 1.165) is 42.5 Å². The normalized spacial score (nSPS) is 14.2. The first-order valence-corrected chi connectivity index (χ1v) is 10.4. The molecule has 1 fully saturated rings. The fourth-order valence-corrected chi connectivity index (χ4v) is 3.37. The molecule has 1 aliphatic heterocycles. The number of aromatic nitrogens is 1. The maximum atomic E-state index is 12.3. The zero-order valence-corrected chi connectivity index (χ0v) is 20.7. The van der Waals surface area contributed by atoms with Gasteiger partial charge in [-0.25, -0.2) is 9.98 Å². The second-order valence-electron chi connectivity index (χ2n) is 7.13. The predicted molar refractivity (Wildman–Crippen MR) is 132 cm³/mol. The van der Waals surface area contributed by atoms with Crippen LogP contribution in [0.15, 0.2) is 47.6 Å². The summed E-state index contributed by atoms with van der Waals surface area (Å²) in [6, 6.07) is 10.6. The third-order valence-electron chi connectivity index (χ3n) is 4.84. The van der Waals surface area contributed by atoms with Gasteiger partial charge in [0.05, 0.1) is 19.8 Å². The minimum absolute atomic E-state index is 0. The van der Waals surface area contributed by atoms with E-state index < -0.39 is 6.61 Å². The van der Waals surface area contributed by atoms with Crippen LogP contribution >= 0.6 is 24.0 Å². The maximum absolute atomic E-state index is 12.3. The highest BCUT2D eigenvalue weighted by Crippen LogP contribution is 2.20. The number of aliphatic imine (C=N–C) groups is 1. The lowest BCUT2D eigenvalue weighted by Crippen LogP contribution is -2.39. The third kappa shape index (κ3) is 7.73. The summed E-state index contributed by atoms with van der Waals surface area (Å²) in [5.41, 5.74) is 2.02. The largest absolute Gasteiger partial charge is 0.435 e. The van der Waals surface area contributed by atoms with Crippen LogP contribution in [0.25, 0.3) is 0 Å². The number of ether oxygens (including phenoxy) is 2.